The summed E-state index contributed by atoms with van der Waals surface area (Å²) in [5.41, 5.74) is 8.00. The molecular weight excluding hydrogens is 150 g/mol. The van der Waals surface area contributed by atoms with Gasteiger partial charge in [0.1, 0.15) is 5.75 Å². The second kappa shape index (κ2) is 2.23. The van der Waals surface area contributed by atoms with Crippen molar-refractivity contribution in [2.24, 2.45) is 5.73 Å². The van der Waals surface area contributed by atoms with Crippen LogP contribution in [0.2, 0.25) is 0 Å². The van der Waals surface area contributed by atoms with E-state index in [0.717, 1.165) is 24.0 Å². The van der Waals surface area contributed by atoms with E-state index in [9.17, 15) is 5.11 Å². The number of benzene rings is 1. The molecule has 1 aromatic carbocycles. The number of aromatic hydroxyl groups is 1. The van der Waals surface area contributed by atoms with E-state index in [0.29, 0.717) is 5.75 Å². The van der Waals surface area contributed by atoms with Crippen molar-refractivity contribution in [3.63, 3.8) is 0 Å². The number of hydrogen-bond acceptors (Lipinski definition) is 2. The predicted molar refractivity (Wildman–Crippen MR) is 47.9 cm³/mol. The summed E-state index contributed by atoms with van der Waals surface area (Å²) in [6.45, 7) is 1.97. The Kier molecular flexibility index (Phi) is 1.42. The van der Waals surface area contributed by atoms with Gasteiger partial charge in [-0.3, -0.25) is 0 Å². The van der Waals surface area contributed by atoms with Crippen LogP contribution in [0, 0.1) is 6.92 Å². The van der Waals surface area contributed by atoms with Crippen molar-refractivity contribution in [1.29, 1.82) is 0 Å². The van der Waals surface area contributed by atoms with Crippen LogP contribution in [0.3, 0.4) is 0 Å². The van der Waals surface area contributed by atoms with E-state index in [1.54, 1.807) is 12.1 Å². The fourth-order valence-corrected chi connectivity index (χ4v) is 1.47. The molecule has 12 heavy (non-hydrogen) atoms. The standard InChI is InChI=1S/C10H13NO/c1-7-4-8(6-9(12)5-7)10(11)2-3-10/h4-6,12H,2-3,11H2,1H3. The van der Waals surface area contributed by atoms with Crippen LogP contribution >= 0.6 is 0 Å². The van der Waals surface area contributed by atoms with Crippen LogP contribution in [-0.4, -0.2) is 5.11 Å². The molecule has 0 aromatic heterocycles. The molecule has 1 aromatic rings. The maximum Gasteiger partial charge on any atom is 0.116 e. The minimum Gasteiger partial charge on any atom is -0.508 e. The molecule has 0 heterocycles. The highest BCUT2D eigenvalue weighted by Gasteiger charge is 2.40. The molecule has 0 spiro atoms. The molecule has 0 bridgehead atoms. The van der Waals surface area contributed by atoms with E-state index in [4.69, 9.17) is 5.73 Å². The third-order valence-electron chi connectivity index (χ3n) is 2.43. The van der Waals surface area contributed by atoms with Gasteiger partial charge in [-0.2, -0.15) is 0 Å². The first-order chi connectivity index (χ1) is 5.60. The van der Waals surface area contributed by atoms with E-state index >= 15 is 0 Å². The molecule has 2 heteroatoms. The van der Waals surface area contributed by atoms with Gasteiger partial charge in [-0.25, -0.2) is 0 Å². The monoisotopic (exact) mass is 163 g/mol. The number of nitrogens with two attached hydrogens (primary N) is 1. The van der Waals surface area contributed by atoms with E-state index in [1.807, 2.05) is 13.0 Å². The van der Waals surface area contributed by atoms with Crippen LogP contribution in [0.1, 0.15) is 24.0 Å². The van der Waals surface area contributed by atoms with Crippen molar-refractivity contribution in [3.05, 3.63) is 29.3 Å². The fraction of sp³-hybridized carbons (Fsp3) is 0.400. The van der Waals surface area contributed by atoms with Crippen molar-refractivity contribution >= 4 is 0 Å². The van der Waals surface area contributed by atoms with E-state index in [2.05, 4.69) is 0 Å². The molecular formula is C10H13NO. The van der Waals surface area contributed by atoms with Gasteiger partial charge in [0.15, 0.2) is 0 Å². The predicted octanol–water partition coefficient (Wildman–Crippen LogP) is 1.65. The molecule has 0 atom stereocenters. The van der Waals surface area contributed by atoms with E-state index in [1.165, 1.54) is 0 Å². The number of phenols is 1. The molecule has 2 nitrogen and oxygen atoms in total. The Labute approximate surface area is 72.0 Å². The largest absolute Gasteiger partial charge is 0.508 e. The molecule has 0 aliphatic heterocycles. The first-order valence-corrected chi connectivity index (χ1v) is 4.20. The summed E-state index contributed by atoms with van der Waals surface area (Å²) in [5.74, 6) is 0.321. The lowest BCUT2D eigenvalue weighted by molar-refractivity contribution is 0.473. The van der Waals surface area contributed by atoms with Crippen LogP contribution in [0.4, 0.5) is 0 Å². The Morgan fingerprint density at radius 2 is 2.00 bits per heavy atom. The molecule has 1 fully saturated rings. The molecule has 0 unspecified atom stereocenters. The van der Waals surface area contributed by atoms with Crippen LogP contribution in [0.25, 0.3) is 0 Å². The molecule has 1 aliphatic carbocycles. The van der Waals surface area contributed by atoms with Crippen molar-refractivity contribution in [3.8, 4) is 5.75 Å². The Bertz CT molecular complexity index is 295. The molecule has 1 saturated carbocycles. The maximum absolute atomic E-state index is 9.33. The first-order valence-electron chi connectivity index (χ1n) is 4.20. The third kappa shape index (κ3) is 1.18. The zero-order valence-corrected chi connectivity index (χ0v) is 7.17. The van der Waals surface area contributed by atoms with Gasteiger partial charge in [-0.05, 0) is 43.0 Å². The summed E-state index contributed by atoms with van der Waals surface area (Å²) in [5, 5.41) is 9.33. The van der Waals surface area contributed by atoms with Crippen molar-refractivity contribution in [1.82, 2.24) is 0 Å². The molecule has 1 aliphatic rings. The van der Waals surface area contributed by atoms with Crippen LogP contribution < -0.4 is 5.73 Å². The highest BCUT2D eigenvalue weighted by molar-refractivity contribution is 5.39. The van der Waals surface area contributed by atoms with Gasteiger partial charge in [0.2, 0.25) is 0 Å². The molecule has 0 amide bonds. The van der Waals surface area contributed by atoms with Crippen LogP contribution in [-0.2, 0) is 5.54 Å². The van der Waals surface area contributed by atoms with Crippen LogP contribution in [0.15, 0.2) is 18.2 Å². The topological polar surface area (TPSA) is 46.2 Å². The Hall–Kier alpha value is -1.02. The van der Waals surface area contributed by atoms with Gasteiger partial charge in [-0.15, -0.1) is 0 Å². The van der Waals surface area contributed by atoms with Crippen molar-refractivity contribution in [2.75, 3.05) is 0 Å². The summed E-state index contributed by atoms with van der Waals surface area (Å²) in [4.78, 5) is 0. The average Bonchev–Trinajstić information content (AvgIpc) is 2.67. The Morgan fingerprint density at radius 1 is 1.33 bits per heavy atom. The molecule has 0 radical (unpaired) electrons. The second-order valence-corrected chi connectivity index (χ2v) is 3.71. The SMILES string of the molecule is Cc1cc(O)cc(C2(N)CC2)c1. The molecule has 3 N–H and O–H groups in total. The zero-order chi connectivity index (χ0) is 8.77. The van der Waals surface area contributed by atoms with Gasteiger partial charge in [0, 0.05) is 5.54 Å². The summed E-state index contributed by atoms with van der Waals surface area (Å²) in [7, 11) is 0. The number of aryl methyl sites for hydroxylation is 1. The third-order valence-corrected chi connectivity index (χ3v) is 2.43. The number of phenolic OH excluding ortho intramolecular Hbond substituents is 1. The van der Waals surface area contributed by atoms with Crippen LogP contribution in [0.5, 0.6) is 5.75 Å². The molecule has 2 rings (SSSR count). The Balaban J connectivity index is 2.44. The summed E-state index contributed by atoms with van der Waals surface area (Å²) < 4.78 is 0. The minimum atomic E-state index is -0.135. The Morgan fingerprint density at radius 3 is 2.50 bits per heavy atom. The van der Waals surface area contributed by atoms with Gasteiger partial charge >= 0.3 is 0 Å². The normalized spacial score (nSPS) is 19.2. The maximum atomic E-state index is 9.33. The number of rotatable bonds is 1. The van der Waals surface area contributed by atoms with Gasteiger partial charge in [-0.1, -0.05) is 6.07 Å². The smallest absolute Gasteiger partial charge is 0.116 e. The second-order valence-electron chi connectivity index (χ2n) is 3.71. The number of hydrogen-bond donors (Lipinski definition) is 2. The van der Waals surface area contributed by atoms with Crippen molar-refractivity contribution < 1.29 is 5.11 Å². The quantitative estimate of drug-likeness (QED) is 0.661. The van der Waals surface area contributed by atoms with Gasteiger partial charge < -0.3 is 10.8 Å². The summed E-state index contributed by atoms with van der Waals surface area (Å²) >= 11 is 0. The fourth-order valence-electron chi connectivity index (χ4n) is 1.47. The van der Waals surface area contributed by atoms with E-state index in [-0.39, 0.29) is 5.54 Å². The van der Waals surface area contributed by atoms with Gasteiger partial charge in [0.05, 0.1) is 0 Å². The molecule has 0 saturated heterocycles. The zero-order valence-electron chi connectivity index (χ0n) is 7.17. The van der Waals surface area contributed by atoms with Gasteiger partial charge in [0.25, 0.3) is 0 Å². The summed E-state index contributed by atoms with van der Waals surface area (Å²) in [6.07, 6.45) is 2.08. The average molecular weight is 163 g/mol. The first kappa shape index (κ1) is 7.62. The summed E-state index contributed by atoms with van der Waals surface area (Å²) in [6, 6.07) is 5.56. The lowest BCUT2D eigenvalue weighted by Gasteiger charge is -2.10. The van der Waals surface area contributed by atoms with E-state index < -0.39 is 0 Å². The van der Waals surface area contributed by atoms with Crippen molar-refractivity contribution in [2.45, 2.75) is 25.3 Å². The lowest BCUT2D eigenvalue weighted by atomic mass is 10.0. The molecule has 64 valence electrons. The highest BCUT2D eigenvalue weighted by Crippen LogP contribution is 2.43. The lowest BCUT2D eigenvalue weighted by Crippen LogP contribution is -2.18. The highest BCUT2D eigenvalue weighted by atomic mass is 16.3. The minimum absolute atomic E-state index is 0.135.